The average molecular weight is 422 g/mol. The molecule has 0 saturated carbocycles. The zero-order chi connectivity index (χ0) is 22.0. The van der Waals surface area contributed by atoms with Crippen molar-refractivity contribution >= 4 is 11.5 Å². The second-order valence-electron chi connectivity index (χ2n) is 7.75. The van der Waals surface area contributed by atoms with Crippen molar-refractivity contribution < 1.29 is 9.66 Å². The van der Waals surface area contributed by atoms with E-state index in [1.807, 2.05) is 17.7 Å². The first-order valence-electron chi connectivity index (χ1n) is 10.4. The van der Waals surface area contributed by atoms with Gasteiger partial charge in [-0.3, -0.25) is 14.8 Å². The Kier molecular flexibility index (Phi) is 5.94. The van der Waals surface area contributed by atoms with E-state index in [0.717, 1.165) is 41.4 Å². The van der Waals surface area contributed by atoms with Gasteiger partial charge in [0.05, 0.1) is 29.9 Å². The number of hydrogen-bond donors (Lipinski definition) is 0. The number of nitro benzene ring substituents is 1. The van der Waals surface area contributed by atoms with Crippen LogP contribution in [0.25, 0.3) is 11.4 Å². The minimum absolute atomic E-state index is 0.00890. The maximum atomic E-state index is 10.9. The number of non-ortho nitro benzene ring substituents is 1. The summed E-state index contributed by atoms with van der Waals surface area (Å²) >= 11 is 0. The van der Waals surface area contributed by atoms with Gasteiger partial charge in [-0.2, -0.15) is 5.10 Å². The van der Waals surface area contributed by atoms with Crippen LogP contribution in [0.2, 0.25) is 0 Å². The number of nitro groups is 1. The minimum Gasteiger partial charge on any atom is -0.373 e. The van der Waals surface area contributed by atoms with Crippen LogP contribution in [-0.2, 0) is 17.7 Å². The third kappa shape index (κ3) is 4.72. The molecule has 0 spiro atoms. The van der Waals surface area contributed by atoms with Crippen LogP contribution in [0.1, 0.15) is 24.0 Å². The molecule has 1 aliphatic heterocycles. The smallest absolute Gasteiger partial charge is 0.269 e. The van der Waals surface area contributed by atoms with Gasteiger partial charge in [-0.1, -0.05) is 6.92 Å². The number of aryl methyl sites for hydroxylation is 3. The fourth-order valence-electron chi connectivity index (χ4n) is 3.78. The molecule has 1 atom stereocenters. The molecule has 9 heteroatoms. The lowest BCUT2D eigenvalue weighted by atomic mass is 10.2. The summed E-state index contributed by atoms with van der Waals surface area (Å²) in [6.45, 7) is 8.85. The molecule has 1 fully saturated rings. The zero-order valence-corrected chi connectivity index (χ0v) is 18.0. The lowest BCUT2D eigenvalue weighted by Gasteiger charge is -2.34. The average Bonchev–Trinajstić information content (AvgIpc) is 3.10. The molecule has 0 bridgehead atoms. The molecule has 1 aromatic carbocycles. The molecule has 31 heavy (non-hydrogen) atoms. The molecule has 2 aromatic heterocycles. The number of rotatable bonds is 6. The molecule has 0 radical (unpaired) electrons. The van der Waals surface area contributed by atoms with E-state index >= 15 is 0 Å². The number of nitrogens with zero attached hydrogens (tertiary/aromatic N) is 6. The van der Waals surface area contributed by atoms with E-state index in [2.05, 4.69) is 34.9 Å². The van der Waals surface area contributed by atoms with Crippen LogP contribution in [-0.4, -0.2) is 50.5 Å². The molecule has 1 unspecified atom stereocenters. The Hall–Kier alpha value is -3.33. The summed E-state index contributed by atoms with van der Waals surface area (Å²) < 4.78 is 7.98. The summed E-state index contributed by atoms with van der Waals surface area (Å²) in [5, 5.41) is 15.5. The normalized spacial score (nSPS) is 16.5. The maximum absolute atomic E-state index is 10.9. The Morgan fingerprint density at radius 3 is 2.61 bits per heavy atom. The van der Waals surface area contributed by atoms with E-state index in [-0.39, 0.29) is 11.8 Å². The highest BCUT2D eigenvalue weighted by molar-refractivity contribution is 5.60. The largest absolute Gasteiger partial charge is 0.373 e. The lowest BCUT2D eigenvalue weighted by molar-refractivity contribution is -0.384. The van der Waals surface area contributed by atoms with Gasteiger partial charge in [-0.15, -0.1) is 0 Å². The molecule has 4 rings (SSSR count). The molecule has 1 aliphatic rings. The Morgan fingerprint density at radius 1 is 1.19 bits per heavy atom. The summed E-state index contributed by atoms with van der Waals surface area (Å²) in [4.78, 5) is 22.2. The highest BCUT2D eigenvalue weighted by Gasteiger charge is 2.24. The predicted octanol–water partition coefficient (Wildman–Crippen LogP) is 3.33. The molecular formula is C22H26N6O3. The monoisotopic (exact) mass is 422 g/mol. The lowest BCUT2D eigenvalue weighted by Crippen LogP contribution is -2.45. The Bertz CT molecular complexity index is 1080. The van der Waals surface area contributed by atoms with E-state index in [1.165, 1.54) is 12.1 Å². The van der Waals surface area contributed by atoms with Crippen molar-refractivity contribution in [2.24, 2.45) is 0 Å². The first-order valence-corrected chi connectivity index (χ1v) is 10.4. The first kappa shape index (κ1) is 20.9. The Balaban J connectivity index is 1.57. The topological polar surface area (TPSA) is 99.2 Å². The van der Waals surface area contributed by atoms with Gasteiger partial charge in [0.2, 0.25) is 0 Å². The molecule has 0 N–H and O–H groups in total. The van der Waals surface area contributed by atoms with E-state index in [4.69, 9.17) is 9.72 Å². The Labute approximate surface area is 180 Å². The second-order valence-corrected chi connectivity index (χ2v) is 7.75. The predicted molar refractivity (Wildman–Crippen MR) is 117 cm³/mol. The number of hydrogen-bond acceptors (Lipinski definition) is 7. The van der Waals surface area contributed by atoms with Crippen molar-refractivity contribution in [2.75, 3.05) is 24.6 Å². The summed E-state index contributed by atoms with van der Waals surface area (Å²) in [5.41, 5.74) is 3.86. The summed E-state index contributed by atoms with van der Waals surface area (Å²) in [6.07, 6.45) is 0.782. The van der Waals surface area contributed by atoms with Crippen LogP contribution in [0.3, 0.4) is 0 Å². The molecule has 9 nitrogen and oxygen atoms in total. The third-order valence-corrected chi connectivity index (χ3v) is 5.41. The number of aromatic nitrogens is 4. The maximum Gasteiger partial charge on any atom is 0.269 e. The van der Waals surface area contributed by atoms with Gasteiger partial charge < -0.3 is 9.64 Å². The van der Waals surface area contributed by atoms with Crippen molar-refractivity contribution in [1.82, 2.24) is 19.7 Å². The van der Waals surface area contributed by atoms with Gasteiger partial charge in [0.1, 0.15) is 5.82 Å². The number of morpholine rings is 1. The van der Waals surface area contributed by atoms with Gasteiger partial charge in [-0.05, 0) is 38.5 Å². The molecule has 1 saturated heterocycles. The van der Waals surface area contributed by atoms with Crippen molar-refractivity contribution in [3.8, 4) is 11.4 Å². The van der Waals surface area contributed by atoms with E-state index < -0.39 is 4.92 Å². The van der Waals surface area contributed by atoms with Crippen LogP contribution >= 0.6 is 0 Å². The van der Waals surface area contributed by atoms with Crippen LogP contribution in [0.5, 0.6) is 0 Å². The Morgan fingerprint density at radius 2 is 1.97 bits per heavy atom. The fourth-order valence-corrected chi connectivity index (χ4v) is 3.78. The highest BCUT2D eigenvalue weighted by Crippen LogP contribution is 2.24. The quantitative estimate of drug-likeness (QED) is 0.444. The van der Waals surface area contributed by atoms with Crippen molar-refractivity contribution in [3.63, 3.8) is 0 Å². The van der Waals surface area contributed by atoms with Crippen molar-refractivity contribution in [3.05, 3.63) is 63.6 Å². The highest BCUT2D eigenvalue weighted by atomic mass is 16.6. The number of anilines is 1. The summed E-state index contributed by atoms with van der Waals surface area (Å²) in [5.74, 6) is 1.42. The van der Waals surface area contributed by atoms with Gasteiger partial charge in [0.25, 0.3) is 5.69 Å². The molecule has 3 heterocycles. The number of ether oxygens (including phenoxy) is 1. The SMILES string of the molecule is CCc1cc(N2CCOC(Cn3nc(C)cc3C)C2)nc(-c2ccc([N+](=O)[O-])cc2)n1. The standard InChI is InChI=1S/C22H26N6O3/c1-4-18-12-21(24-22(23-18)17-5-7-19(8-6-17)28(29)30)26-9-10-31-20(13-26)14-27-16(3)11-15(2)25-27/h5-8,11-12,20H,4,9-10,13-14H2,1-3H3. The molecule has 162 valence electrons. The van der Waals surface area contributed by atoms with Gasteiger partial charge in [0.15, 0.2) is 5.82 Å². The summed E-state index contributed by atoms with van der Waals surface area (Å²) in [6, 6.07) is 10.4. The fraction of sp³-hybridized carbons (Fsp3) is 0.409. The third-order valence-electron chi connectivity index (χ3n) is 5.41. The minimum atomic E-state index is -0.408. The van der Waals surface area contributed by atoms with Crippen molar-refractivity contribution in [2.45, 2.75) is 39.8 Å². The van der Waals surface area contributed by atoms with Crippen LogP contribution in [0, 0.1) is 24.0 Å². The molecule has 3 aromatic rings. The number of benzene rings is 1. The molecular weight excluding hydrogens is 396 g/mol. The summed E-state index contributed by atoms with van der Waals surface area (Å²) in [7, 11) is 0. The van der Waals surface area contributed by atoms with Gasteiger partial charge in [-0.25, -0.2) is 9.97 Å². The van der Waals surface area contributed by atoms with E-state index in [9.17, 15) is 10.1 Å². The van der Waals surface area contributed by atoms with Crippen LogP contribution < -0.4 is 4.90 Å². The van der Waals surface area contributed by atoms with Gasteiger partial charge in [0, 0.05) is 48.2 Å². The molecule has 0 amide bonds. The van der Waals surface area contributed by atoms with E-state index in [0.29, 0.717) is 25.5 Å². The van der Waals surface area contributed by atoms with Crippen molar-refractivity contribution in [1.29, 1.82) is 0 Å². The van der Waals surface area contributed by atoms with Gasteiger partial charge >= 0.3 is 0 Å². The zero-order valence-electron chi connectivity index (χ0n) is 18.0. The van der Waals surface area contributed by atoms with Crippen LogP contribution in [0.15, 0.2) is 36.4 Å². The molecule has 0 aliphatic carbocycles. The van der Waals surface area contributed by atoms with E-state index in [1.54, 1.807) is 12.1 Å². The first-order chi connectivity index (χ1) is 14.9. The van der Waals surface area contributed by atoms with Crippen LogP contribution in [0.4, 0.5) is 11.5 Å². The second kappa shape index (κ2) is 8.81.